The molecule has 1 heterocycles. The molecule has 0 atom stereocenters. The molecule has 0 N–H and O–H groups in total. The van der Waals surface area contributed by atoms with E-state index in [9.17, 15) is 4.79 Å². The van der Waals surface area contributed by atoms with Crippen molar-refractivity contribution in [3.8, 4) is 5.75 Å². The number of hydrogen-bond donors (Lipinski definition) is 0. The van der Waals surface area contributed by atoms with Crippen molar-refractivity contribution in [1.29, 1.82) is 0 Å². The quantitative estimate of drug-likeness (QED) is 0.706. The highest BCUT2D eigenvalue weighted by Gasteiger charge is 2.05. The molecular weight excluding hydrogens is 196 g/mol. The largest absolute Gasteiger partial charge is 0.497 e. The lowest BCUT2D eigenvalue weighted by molar-refractivity contribution is 0.102. The lowest BCUT2D eigenvalue weighted by atomic mass is 10.2. The first-order chi connectivity index (χ1) is 6.70. The van der Waals surface area contributed by atoms with E-state index in [1.807, 2.05) is 24.3 Å². The highest BCUT2D eigenvalue weighted by atomic mass is 32.1. The van der Waals surface area contributed by atoms with Gasteiger partial charge in [-0.1, -0.05) is 0 Å². The maximum Gasteiger partial charge on any atom is 0.169 e. The summed E-state index contributed by atoms with van der Waals surface area (Å²) < 4.78 is 6.21. The summed E-state index contributed by atoms with van der Waals surface area (Å²) in [5.74, 6) is 0.944. The normalized spacial score (nSPS) is 10.4. The second-order valence-corrected chi connectivity index (χ2v) is 4.15. The van der Waals surface area contributed by atoms with Crippen LogP contribution in [0.1, 0.15) is 16.6 Å². The van der Waals surface area contributed by atoms with Crippen LogP contribution in [-0.2, 0) is 0 Å². The minimum absolute atomic E-state index is 0.116. The summed E-state index contributed by atoms with van der Waals surface area (Å²) in [6.45, 7) is 1.59. The Morgan fingerprint density at radius 1 is 1.36 bits per heavy atom. The third-order valence-electron chi connectivity index (χ3n) is 2.07. The third kappa shape index (κ3) is 1.51. The van der Waals surface area contributed by atoms with Crippen LogP contribution in [0.3, 0.4) is 0 Å². The number of carbonyl (C=O) groups excluding carboxylic acids is 1. The van der Waals surface area contributed by atoms with Gasteiger partial charge >= 0.3 is 0 Å². The predicted octanol–water partition coefficient (Wildman–Crippen LogP) is 3.11. The summed E-state index contributed by atoms with van der Waals surface area (Å²) in [5.41, 5.74) is 0. The number of rotatable bonds is 2. The molecule has 0 unspecified atom stereocenters. The minimum Gasteiger partial charge on any atom is -0.497 e. The van der Waals surface area contributed by atoms with E-state index in [1.54, 1.807) is 14.0 Å². The molecule has 1 aromatic heterocycles. The van der Waals surface area contributed by atoms with Crippen LogP contribution in [-0.4, -0.2) is 12.9 Å². The zero-order valence-corrected chi connectivity index (χ0v) is 8.85. The fraction of sp³-hybridized carbons (Fsp3) is 0.182. The summed E-state index contributed by atoms with van der Waals surface area (Å²) in [7, 11) is 1.64. The van der Waals surface area contributed by atoms with Crippen LogP contribution in [0.25, 0.3) is 10.1 Å². The van der Waals surface area contributed by atoms with Crippen molar-refractivity contribution in [2.75, 3.05) is 7.11 Å². The molecule has 0 spiro atoms. The van der Waals surface area contributed by atoms with Crippen molar-refractivity contribution in [2.45, 2.75) is 6.92 Å². The van der Waals surface area contributed by atoms with E-state index in [0.717, 1.165) is 20.7 Å². The second-order valence-electron chi connectivity index (χ2n) is 3.07. The molecule has 2 nitrogen and oxygen atoms in total. The summed E-state index contributed by atoms with van der Waals surface area (Å²) in [5, 5.41) is 1.10. The number of carbonyl (C=O) groups is 1. The Labute approximate surface area is 86.1 Å². The third-order valence-corrected chi connectivity index (χ3v) is 3.27. The summed E-state index contributed by atoms with van der Waals surface area (Å²) in [6, 6.07) is 7.74. The Kier molecular flexibility index (Phi) is 2.25. The monoisotopic (exact) mass is 206 g/mol. The molecule has 72 valence electrons. The van der Waals surface area contributed by atoms with Crippen molar-refractivity contribution in [1.82, 2.24) is 0 Å². The zero-order chi connectivity index (χ0) is 10.1. The average Bonchev–Trinajstić information content (AvgIpc) is 2.59. The van der Waals surface area contributed by atoms with E-state index >= 15 is 0 Å². The lowest BCUT2D eigenvalue weighted by Gasteiger charge is -1.97. The van der Waals surface area contributed by atoms with Crippen molar-refractivity contribution in [3.63, 3.8) is 0 Å². The number of benzene rings is 1. The van der Waals surface area contributed by atoms with Crippen molar-refractivity contribution in [3.05, 3.63) is 29.1 Å². The van der Waals surface area contributed by atoms with Gasteiger partial charge in [-0.05, 0) is 36.6 Å². The molecule has 0 aliphatic carbocycles. The van der Waals surface area contributed by atoms with Gasteiger partial charge in [0.15, 0.2) is 5.78 Å². The predicted molar refractivity (Wildman–Crippen MR) is 58.4 cm³/mol. The maximum absolute atomic E-state index is 11.1. The van der Waals surface area contributed by atoms with Crippen LogP contribution < -0.4 is 4.74 Å². The number of hydrogen-bond acceptors (Lipinski definition) is 3. The highest BCUT2D eigenvalue weighted by molar-refractivity contribution is 7.20. The van der Waals surface area contributed by atoms with Crippen LogP contribution >= 0.6 is 11.3 Å². The Morgan fingerprint density at radius 2 is 2.14 bits per heavy atom. The highest BCUT2D eigenvalue weighted by Crippen LogP contribution is 2.29. The zero-order valence-electron chi connectivity index (χ0n) is 8.03. The molecule has 2 rings (SSSR count). The van der Waals surface area contributed by atoms with E-state index in [2.05, 4.69) is 0 Å². The van der Waals surface area contributed by atoms with Gasteiger partial charge in [0.2, 0.25) is 0 Å². The van der Waals surface area contributed by atoms with Crippen LogP contribution in [0.4, 0.5) is 0 Å². The van der Waals surface area contributed by atoms with E-state index in [1.165, 1.54) is 11.3 Å². The van der Waals surface area contributed by atoms with E-state index < -0.39 is 0 Å². The van der Waals surface area contributed by atoms with Gasteiger partial charge in [0.05, 0.1) is 12.0 Å². The number of thiophene rings is 1. The minimum atomic E-state index is 0.116. The van der Waals surface area contributed by atoms with Crippen LogP contribution in [0, 0.1) is 0 Å². The molecule has 3 heteroatoms. The first-order valence-corrected chi connectivity index (χ1v) is 5.11. The number of methoxy groups -OCH3 is 1. The fourth-order valence-corrected chi connectivity index (χ4v) is 2.30. The summed E-state index contributed by atoms with van der Waals surface area (Å²) in [6.07, 6.45) is 0. The number of ether oxygens (including phenoxy) is 1. The maximum atomic E-state index is 11.1. The van der Waals surface area contributed by atoms with Crippen LogP contribution in [0.5, 0.6) is 5.75 Å². The van der Waals surface area contributed by atoms with Crippen molar-refractivity contribution < 1.29 is 9.53 Å². The van der Waals surface area contributed by atoms with Crippen LogP contribution in [0.15, 0.2) is 24.3 Å². The number of ketones is 1. The van der Waals surface area contributed by atoms with E-state index in [0.29, 0.717) is 0 Å². The molecule has 0 radical (unpaired) electrons. The molecule has 2 aromatic rings. The molecule has 0 amide bonds. The van der Waals surface area contributed by atoms with Gasteiger partial charge in [-0.15, -0.1) is 11.3 Å². The van der Waals surface area contributed by atoms with E-state index in [-0.39, 0.29) is 5.78 Å². The van der Waals surface area contributed by atoms with Crippen molar-refractivity contribution in [2.24, 2.45) is 0 Å². The van der Waals surface area contributed by atoms with E-state index in [4.69, 9.17) is 4.74 Å². The standard InChI is InChI=1S/C11H10O2S/c1-7(12)10-5-8-3-4-9(13-2)6-11(8)14-10/h3-6H,1-2H3. The molecule has 0 saturated carbocycles. The SMILES string of the molecule is COc1ccc2cc(C(C)=O)sc2c1. The molecule has 0 aliphatic heterocycles. The first-order valence-electron chi connectivity index (χ1n) is 4.29. The summed E-state index contributed by atoms with van der Waals surface area (Å²) >= 11 is 1.51. The number of Topliss-reactive ketones (excluding diaryl/α,β-unsaturated/α-hetero) is 1. The van der Waals surface area contributed by atoms with Gasteiger partial charge in [-0.3, -0.25) is 4.79 Å². The lowest BCUT2D eigenvalue weighted by Crippen LogP contribution is -1.83. The second kappa shape index (κ2) is 3.42. The topological polar surface area (TPSA) is 26.3 Å². The Balaban J connectivity index is 2.60. The van der Waals surface area contributed by atoms with Gasteiger partial charge in [0, 0.05) is 4.70 Å². The first kappa shape index (κ1) is 9.21. The fourth-order valence-electron chi connectivity index (χ4n) is 1.31. The molecule has 1 aromatic carbocycles. The van der Waals surface area contributed by atoms with Gasteiger partial charge in [-0.2, -0.15) is 0 Å². The van der Waals surface area contributed by atoms with Gasteiger partial charge in [0.25, 0.3) is 0 Å². The summed E-state index contributed by atoms with van der Waals surface area (Å²) in [4.78, 5) is 11.9. The molecule has 0 aliphatic rings. The Bertz CT molecular complexity index is 485. The molecule has 0 bridgehead atoms. The smallest absolute Gasteiger partial charge is 0.169 e. The molecule has 14 heavy (non-hydrogen) atoms. The van der Waals surface area contributed by atoms with Gasteiger partial charge in [0.1, 0.15) is 5.75 Å². The molecule has 0 saturated heterocycles. The number of fused-ring (bicyclic) bond motifs is 1. The molecular formula is C11H10O2S. The van der Waals surface area contributed by atoms with Gasteiger partial charge < -0.3 is 4.74 Å². The van der Waals surface area contributed by atoms with Gasteiger partial charge in [-0.25, -0.2) is 0 Å². The Hall–Kier alpha value is -1.35. The average molecular weight is 206 g/mol. The van der Waals surface area contributed by atoms with Crippen LogP contribution in [0.2, 0.25) is 0 Å². The van der Waals surface area contributed by atoms with Crippen molar-refractivity contribution >= 4 is 27.2 Å². The molecule has 0 fully saturated rings. The Morgan fingerprint density at radius 3 is 2.79 bits per heavy atom.